The minimum Gasteiger partial charge on any atom is -0.495 e. The molecule has 28 heavy (non-hydrogen) atoms. The van der Waals surface area contributed by atoms with Gasteiger partial charge in [0.25, 0.3) is 5.91 Å². The van der Waals surface area contributed by atoms with Crippen LogP contribution in [0.1, 0.15) is 13.3 Å². The van der Waals surface area contributed by atoms with Crippen molar-refractivity contribution >= 4 is 48.9 Å². The van der Waals surface area contributed by atoms with E-state index in [0.29, 0.717) is 22.1 Å². The number of halogens is 1. The Labute approximate surface area is 172 Å². The molecule has 0 spiro atoms. The zero-order valence-corrected chi connectivity index (χ0v) is 17.8. The summed E-state index contributed by atoms with van der Waals surface area (Å²) in [6, 6.07) is 11.3. The molecule has 1 heterocycles. The maximum Gasteiger partial charge on any atom is 0.263 e. The normalized spacial score (nSPS) is 12.5. The van der Waals surface area contributed by atoms with Crippen molar-refractivity contribution in [2.24, 2.45) is 4.99 Å². The standard InChI is InChI=1S/C19H19ClN2O4S2/c1-3-11-22-18-15(26-2)5-4-6-16(18)27-19(22)21-17(23)12-28(24,25)14-9-7-13(20)8-10-14/h4-10H,3,11-12H2,1-2H3. The molecule has 0 aliphatic carbocycles. The smallest absolute Gasteiger partial charge is 0.263 e. The molecule has 0 radical (unpaired) electrons. The first-order chi connectivity index (χ1) is 13.4. The van der Waals surface area contributed by atoms with E-state index in [4.69, 9.17) is 16.3 Å². The first kappa shape index (κ1) is 20.6. The average molecular weight is 439 g/mol. The van der Waals surface area contributed by atoms with Crippen LogP contribution in [0.5, 0.6) is 5.75 Å². The lowest BCUT2D eigenvalue weighted by molar-refractivity contribution is -0.115. The molecule has 0 N–H and O–H groups in total. The number of ether oxygens (including phenoxy) is 1. The Kier molecular flexibility index (Phi) is 6.22. The van der Waals surface area contributed by atoms with Crippen LogP contribution in [0.2, 0.25) is 5.02 Å². The van der Waals surface area contributed by atoms with E-state index in [9.17, 15) is 13.2 Å². The summed E-state index contributed by atoms with van der Waals surface area (Å²) < 4.78 is 33.2. The number of benzene rings is 2. The average Bonchev–Trinajstić information content (AvgIpc) is 2.99. The summed E-state index contributed by atoms with van der Waals surface area (Å²) in [5.74, 6) is -0.734. The van der Waals surface area contributed by atoms with Gasteiger partial charge in [0.1, 0.15) is 17.0 Å². The quantitative estimate of drug-likeness (QED) is 0.588. The molecule has 1 aromatic heterocycles. The molecule has 0 aliphatic heterocycles. The van der Waals surface area contributed by atoms with Crippen molar-refractivity contribution in [1.29, 1.82) is 0 Å². The van der Waals surface area contributed by atoms with Crippen LogP contribution >= 0.6 is 22.9 Å². The second-order valence-electron chi connectivity index (χ2n) is 6.06. The highest BCUT2D eigenvalue weighted by molar-refractivity contribution is 7.92. The molecule has 0 bridgehead atoms. The molecule has 0 unspecified atom stereocenters. The molecule has 0 saturated carbocycles. The first-order valence-electron chi connectivity index (χ1n) is 8.58. The van der Waals surface area contributed by atoms with Gasteiger partial charge < -0.3 is 9.30 Å². The number of hydrogen-bond donors (Lipinski definition) is 0. The molecular weight excluding hydrogens is 420 g/mol. The second kappa shape index (κ2) is 8.46. The van der Waals surface area contributed by atoms with Crippen LogP contribution in [0.3, 0.4) is 0 Å². The van der Waals surface area contributed by atoms with Crippen molar-refractivity contribution in [1.82, 2.24) is 4.57 Å². The fourth-order valence-electron chi connectivity index (χ4n) is 2.81. The van der Waals surface area contributed by atoms with Gasteiger partial charge in [0.05, 0.1) is 16.7 Å². The van der Waals surface area contributed by atoms with E-state index in [1.54, 1.807) is 7.11 Å². The van der Waals surface area contributed by atoms with Gasteiger partial charge in [-0.25, -0.2) is 8.42 Å². The Morgan fingerprint density at radius 2 is 1.93 bits per heavy atom. The predicted octanol–water partition coefficient (Wildman–Crippen LogP) is 3.68. The number of fused-ring (bicyclic) bond motifs is 1. The lowest BCUT2D eigenvalue weighted by atomic mass is 10.3. The van der Waals surface area contributed by atoms with Crippen LogP contribution < -0.4 is 9.54 Å². The van der Waals surface area contributed by atoms with Crippen molar-refractivity contribution < 1.29 is 17.9 Å². The van der Waals surface area contributed by atoms with Crippen molar-refractivity contribution in [3.05, 3.63) is 52.3 Å². The number of sulfone groups is 1. The summed E-state index contributed by atoms with van der Waals surface area (Å²) in [7, 11) is -2.21. The second-order valence-corrected chi connectivity index (χ2v) is 9.50. The van der Waals surface area contributed by atoms with E-state index in [1.807, 2.05) is 29.7 Å². The largest absolute Gasteiger partial charge is 0.495 e. The lowest BCUT2D eigenvalue weighted by Crippen LogP contribution is -2.21. The van der Waals surface area contributed by atoms with E-state index in [2.05, 4.69) is 4.99 Å². The number of rotatable bonds is 6. The molecule has 0 fully saturated rings. The maximum absolute atomic E-state index is 12.5. The van der Waals surface area contributed by atoms with Crippen LogP contribution in [-0.4, -0.2) is 31.8 Å². The van der Waals surface area contributed by atoms with E-state index in [1.165, 1.54) is 35.6 Å². The number of amides is 1. The zero-order valence-electron chi connectivity index (χ0n) is 15.4. The summed E-state index contributed by atoms with van der Waals surface area (Å²) in [5.41, 5.74) is 0.851. The van der Waals surface area contributed by atoms with Gasteiger partial charge in [-0.1, -0.05) is 35.9 Å². The molecule has 3 rings (SSSR count). The Balaban J connectivity index is 2.00. The minimum atomic E-state index is -3.80. The van der Waals surface area contributed by atoms with E-state index < -0.39 is 21.5 Å². The number of thiazole rings is 1. The summed E-state index contributed by atoms with van der Waals surface area (Å²) in [6.45, 7) is 2.65. The summed E-state index contributed by atoms with van der Waals surface area (Å²) >= 11 is 7.12. The molecule has 9 heteroatoms. The van der Waals surface area contributed by atoms with Crippen LogP contribution in [0.15, 0.2) is 52.4 Å². The van der Waals surface area contributed by atoms with Crippen LogP contribution in [0.4, 0.5) is 0 Å². The van der Waals surface area contributed by atoms with Gasteiger partial charge in [0.2, 0.25) is 0 Å². The monoisotopic (exact) mass is 438 g/mol. The van der Waals surface area contributed by atoms with E-state index in [-0.39, 0.29) is 4.90 Å². The topological polar surface area (TPSA) is 77.7 Å². The molecule has 0 atom stereocenters. The first-order valence-corrected chi connectivity index (χ1v) is 11.4. The Morgan fingerprint density at radius 1 is 1.21 bits per heavy atom. The minimum absolute atomic E-state index is 0.0416. The van der Waals surface area contributed by atoms with Gasteiger partial charge in [0, 0.05) is 11.6 Å². The van der Waals surface area contributed by atoms with Gasteiger partial charge in [-0.2, -0.15) is 4.99 Å². The highest BCUT2D eigenvalue weighted by Gasteiger charge is 2.20. The lowest BCUT2D eigenvalue weighted by Gasteiger charge is -2.07. The molecule has 3 aromatic rings. The number of hydrogen-bond acceptors (Lipinski definition) is 5. The fourth-order valence-corrected chi connectivity index (χ4v) is 5.13. The maximum atomic E-state index is 12.5. The molecule has 2 aromatic carbocycles. The number of carbonyl (C=O) groups excluding carboxylic acids is 1. The number of aryl methyl sites for hydroxylation is 1. The Hall–Kier alpha value is -2.16. The van der Waals surface area contributed by atoms with Gasteiger partial charge in [-0.05, 0) is 42.8 Å². The number of para-hydroxylation sites is 1. The Morgan fingerprint density at radius 3 is 2.57 bits per heavy atom. The van der Waals surface area contributed by atoms with Crippen molar-refractivity contribution in [3.63, 3.8) is 0 Å². The van der Waals surface area contributed by atoms with Crippen LogP contribution in [-0.2, 0) is 21.2 Å². The molecule has 0 saturated heterocycles. The van der Waals surface area contributed by atoms with Gasteiger partial charge >= 0.3 is 0 Å². The fraction of sp³-hybridized carbons (Fsp3) is 0.263. The third kappa shape index (κ3) is 4.29. The van der Waals surface area contributed by atoms with Crippen LogP contribution in [0.25, 0.3) is 10.2 Å². The highest BCUT2D eigenvalue weighted by Crippen LogP contribution is 2.27. The SMILES string of the molecule is CCCn1c(=NC(=O)CS(=O)(=O)c2ccc(Cl)cc2)sc2cccc(OC)c21. The summed E-state index contributed by atoms with van der Waals surface area (Å²) in [6.07, 6.45) is 0.828. The molecule has 148 valence electrons. The predicted molar refractivity (Wildman–Crippen MR) is 111 cm³/mol. The number of nitrogens with zero attached hydrogens (tertiary/aromatic N) is 2. The van der Waals surface area contributed by atoms with Crippen molar-refractivity contribution in [2.75, 3.05) is 12.9 Å². The van der Waals surface area contributed by atoms with Crippen molar-refractivity contribution in [3.8, 4) is 5.75 Å². The summed E-state index contributed by atoms with van der Waals surface area (Å²) in [4.78, 5) is 17.0. The highest BCUT2D eigenvalue weighted by atomic mass is 35.5. The third-order valence-electron chi connectivity index (χ3n) is 4.04. The molecule has 1 amide bonds. The van der Waals surface area contributed by atoms with Gasteiger partial charge in [-0.15, -0.1) is 0 Å². The number of aromatic nitrogens is 1. The molecular formula is C19H19ClN2O4S2. The van der Waals surface area contributed by atoms with E-state index in [0.717, 1.165) is 16.6 Å². The molecule has 0 aliphatic rings. The zero-order chi connectivity index (χ0) is 20.3. The van der Waals surface area contributed by atoms with Gasteiger partial charge in [-0.3, -0.25) is 4.79 Å². The Bertz CT molecular complexity index is 1180. The van der Waals surface area contributed by atoms with Gasteiger partial charge in [0.15, 0.2) is 14.6 Å². The summed E-state index contributed by atoms with van der Waals surface area (Å²) in [5, 5.41) is 0.426. The third-order valence-corrected chi connectivity index (χ3v) is 6.95. The van der Waals surface area contributed by atoms with Crippen molar-refractivity contribution in [2.45, 2.75) is 24.8 Å². The van der Waals surface area contributed by atoms with E-state index >= 15 is 0 Å². The number of methoxy groups -OCH3 is 1. The number of carbonyl (C=O) groups is 1. The van der Waals surface area contributed by atoms with Crippen LogP contribution in [0, 0.1) is 0 Å². The molecule has 6 nitrogen and oxygen atoms in total.